The predicted molar refractivity (Wildman–Crippen MR) is 116 cm³/mol. The molecule has 2 aromatic rings. The maximum absolute atomic E-state index is 12.6. The molecule has 1 fully saturated rings. The van der Waals surface area contributed by atoms with Crippen molar-refractivity contribution < 1.29 is 13.2 Å². The molecule has 0 aliphatic carbocycles. The third-order valence-corrected chi connectivity index (χ3v) is 7.60. The fraction of sp³-hybridized carbons (Fsp3) is 0.435. The third kappa shape index (κ3) is 6.15. The van der Waals surface area contributed by atoms with Crippen molar-refractivity contribution in [3.05, 3.63) is 71.3 Å². The summed E-state index contributed by atoms with van der Waals surface area (Å²) in [6.07, 6.45) is 2.54. The minimum Gasteiger partial charge on any atom is -0.352 e. The molecule has 1 aliphatic rings. The second-order valence-corrected chi connectivity index (χ2v) is 9.81. The number of nitrogens with one attached hydrogen (secondary N) is 1. The highest BCUT2D eigenvalue weighted by molar-refractivity contribution is 7.89. The Morgan fingerprint density at radius 3 is 2.38 bits per heavy atom. The molecule has 6 heteroatoms. The van der Waals surface area contributed by atoms with E-state index in [4.69, 9.17) is 0 Å². The lowest BCUT2D eigenvalue weighted by Gasteiger charge is -2.30. The van der Waals surface area contributed by atoms with Crippen LogP contribution in [0.4, 0.5) is 0 Å². The molecule has 0 saturated carbocycles. The number of amides is 1. The Bertz CT molecular complexity index is 905. The van der Waals surface area contributed by atoms with Gasteiger partial charge in [-0.15, -0.1) is 0 Å². The van der Waals surface area contributed by atoms with E-state index in [1.54, 1.807) is 4.31 Å². The molecule has 1 aliphatic heterocycles. The monoisotopic (exact) mass is 414 g/mol. The number of hydrogen-bond donors (Lipinski definition) is 1. The molecule has 0 radical (unpaired) electrons. The van der Waals surface area contributed by atoms with Gasteiger partial charge in [-0.3, -0.25) is 4.79 Å². The standard InChI is InChI=1S/C23H30N2O3S/c1-19-8-5-6-12-22(19)18-24-23(26)21-13-15-25(16-14-21)29(27,28)17-7-11-20-9-3-2-4-10-20/h2-6,8-10,12,21H,7,11,13-18H2,1H3,(H,24,26). The first-order valence-electron chi connectivity index (χ1n) is 10.3. The summed E-state index contributed by atoms with van der Waals surface area (Å²) in [5.41, 5.74) is 3.43. The van der Waals surface area contributed by atoms with Gasteiger partial charge < -0.3 is 5.32 Å². The molecule has 2 aromatic carbocycles. The zero-order valence-corrected chi connectivity index (χ0v) is 17.8. The summed E-state index contributed by atoms with van der Waals surface area (Å²) in [6, 6.07) is 17.9. The zero-order valence-electron chi connectivity index (χ0n) is 17.0. The van der Waals surface area contributed by atoms with Gasteiger partial charge in [0.25, 0.3) is 0 Å². The van der Waals surface area contributed by atoms with Gasteiger partial charge in [-0.1, -0.05) is 54.6 Å². The highest BCUT2D eigenvalue weighted by Gasteiger charge is 2.30. The van der Waals surface area contributed by atoms with E-state index in [2.05, 4.69) is 5.32 Å². The lowest BCUT2D eigenvalue weighted by molar-refractivity contribution is -0.126. The molecule has 3 rings (SSSR count). The molecule has 1 amide bonds. The average molecular weight is 415 g/mol. The Kier molecular flexibility index (Phi) is 7.45. The number of carbonyl (C=O) groups is 1. The molecular weight excluding hydrogens is 384 g/mol. The number of aryl methyl sites for hydroxylation is 2. The molecule has 0 atom stereocenters. The van der Waals surface area contributed by atoms with Crippen LogP contribution >= 0.6 is 0 Å². The van der Waals surface area contributed by atoms with Crippen molar-refractivity contribution in [2.24, 2.45) is 5.92 Å². The van der Waals surface area contributed by atoms with Gasteiger partial charge in [0.2, 0.25) is 15.9 Å². The third-order valence-electron chi connectivity index (χ3n) is 5.64. The first-order chi connectivity index (χ1) is 14.0. The van der Waals surface area contributed by atoms with Gasteiger partial charge in [0.15, 0.2) is 0 Å². The van der Waals surface area contributed by atoms with E-state index in [0.29, 0.717) is 38.9 Å². The Morgan fingerprint density at radius 2 is 1.69 bits per heavy atom. The SMILES string of the molecule is Cc1ccccc1CNC(=O)C1CCN(S(=O)(=O)CCCc2ccccc2)CC1. The molecule has 156 valence electrons. The number of sulfonamides is 1. The quantitative estimate of drug-likeness (QED) is 0.721. The first-order valence-corrected chi connectivity index (χ1v) is 11.9. The molecule has 29 heavy (non-hydrogen) atoms. The van der Waals surface area contributed by atoms with Crippen LogP contribution in [0.5, 0.6) is 0 Å². The second-order valence-electron chi connectivity index (χ2n) is 7.72. The van der Waals surface area contributed by atoms with Gasteiger partial charge in [-0.2, -0.15) is 0 Å². The lowest BCUT2D eigenvalue weighted by Crippen LogP contribution is -2.43. The van der Waals surface area contributed by atoms with Gasteiger partial charge in [-0.05, 0) is 49.3 Å². The smallest absolute Gasteiger partial charge is 0.223 e. The molecule has 1 heterocycles. The van der Waals surface area contributed by atoms with Crippen LogP contribution in [-0.4, -0.2) is 37.5 Å². The van der Waals surface area contributed by atoms with E-state index in [1.165, 1.54) is 0 Å². The van der Waals surface area contributed by atoms with Crippen molar-refractivity contribution in [3.63, 3.8) is 0 Å². The van der Waals surface area contributed by atoms with Crippen LogP contribution in [0.25, 0.3) is 0 Å². The van der Waals surface area contributed by atoms with Crippen LogP contribution in [0.15, 0.2) is 54.6 Å². The van der Waals surface area contributed by atoms with Crippen molar-refractivity contribution in [2.75, 3.05) is 18.8 Å². The molecule has 1 N–H and O–H groups in total. The van der Waals surface area contributed by atoms with Crippen LogP contribution in [0.1, 0.15) is 36.0 Å². The predicted octanol–water partition coefficient (Wildman–Crippen LogP) is 3.29. The first kappa shape index (κ1) is 21.5. The fourth-order valence-electron chi connectivity index (χ4n) is 3.76. The normalized spacial score (nSPS) is 15.9. The molecule has 1 saturated heterocycles. The highest BCUT2D eigenvalue weighted by Crippen LogP contribution is 2.21. The van der Waals surface area contributed by atoms with Crippen molar-refractivity contribution in [1.29, 1.82) is 0 Å². The van der Waals surface area contributed by atoms with Crippen LogP contribution in [0.2, 0.25) is 0 Å². The summed E-state index contributed by atoms with van der Waals surface area (Å²) in [5.74, 6) is 0.0654. The number of benzene rings is 2. The summed E-state index contributed by atoms with van der Waals surface area (Å²) in [5, 5.41) is 3.01. The summed E-state index contributed by atoms with van der Waals surface area (Å²) in [4.78, 5) is 12.5. The van der Waals surface area contributed by atoms with E-state index in [-0.39, 0.29) is 17.6 Å². The highest BCUT2D eigenvalue weighted by atomic mass is 32.2. The molecule has 0 bridgehead atoms. The number of carbonyl (C=O) groups excluding carboxylic acids is 1. The number of rotatable bonds is 8. The van der Waals surface area contributed by atoms with Gasteiger partial charge in [-0.25, -0.2) is 12.7 Å². The number of hydrogen-bond acceptors (Lipinski definition) is 3. The second kappa shape index (κ2) is 10.0. The van der Waals surface area contributed by atoms with E-state index in [1.807, 2.05) is 61.5 Å². The largest absolute Gasteiger partial charge is 0.352 e. The average Bonchev–Trinajstić information content (AvgIpc) is 2.74. The Hall–Kier alpha value is -2.18. The lowest BCUT2D eigenvalue weighted by atomic mass is 9.97. The molecular formula is C23H30N2O3S. The van der Waals surface area contributed by atoms with Crippen molar-refractivity contribution >= 4 is 15.9 Å². The molecule has 5 nitrogen and oxygen atoms in total. The topological polar surface area (TPSA) is 66.5 Å². The molecule has 0 spiro atoms. The van der Waals surface area contributed by atoms with E-state index in [0.717, 1.165) is 23.1 Å². The van der Waals surface area contributed by atoms with E-state index in [9.17, 15) is 13.2 Å². The maximum Gasteiger partial charge on any atom is 0.223 e. The summed E-state index contributed by atoms with van der Waals surface area (Å²) >= 11 is 0. The van der Waals surface area contributed by atoms with Gasteiger partial charge in [0.1, 0.15) is 0 Å². The van der Waals surface area contributed by atoms with E-state index >= 15 is 0 Å². The van der Waals surface area contributed by atoms with Crippen LogP contribution in [0, 0.1) is 12.8 Å². The van der Waals surface area contributed by atoms with Crippen LogP contribution < -0.4 is 5.32 Å². The van der Waals surface area contributed by atoms with E-state index < -0.39 is 10.0 Å². The molecule has 0 aromatic heterocycles. The van der Waals surface area contributed by atoms with Crippen molar-refractivity contribution in [3.8, 4) is 0 Å². The molecule has 0 unspecified atom stereocenters. The van der Waals surface area contributed by atoms with Gasteiger partial charge in [0.05, 0.1) is 5.75 Å². The van der Waals surface area contributed by atoms with Crippen LogP contribution in [0.3, 0.4) is 0 Å². The Labute approximate surface area is 174 Å². The summed E-state index contributed by atoms with van der Waals surface area (Å²) in [6.45, 7) is 3.40. The number of nitrogens with zero attached hydrogens (tertiary/aromatic N) is 1. The van der Waals surface area contributed by atoms with Gasteiger partial charge >= 0.3 is 0 Å². The fourth-order valence-corrected chi connectivity index (χ4v) is 5.30. The van der Waals surface area contributed by atoms with Gasteiger partial charge in [0, 0.05) is 25.6 Å². The van der Waals surface area contributed by atoms with Crippen molar-refractivity contribution in [2.45, 2.75) is 39.2 Å². The summed E-state index contributed by atoms with van der Waals surface area (Å²) < 4.78 is 26.8. The number of piperidine rings is 1. The summed E-state index contributed by atoms with van der Waals surface area (Å²) in [7, 11) is -3.26. The Balaban J connectivity index is 1.42. The minimum absolute atomic E-state index is 0.0226. The van der Waals surface area contributed by atoms with Crippen LogP contribution in [-0.2, 0) is 27.8 Å². The maximum atomic E-state index is 12.6. The zero-order chi connectivity index (χ0) is 20.7. The minimum atomic E-state index is -3.26. The van der Waals surface area contributed by atoms with Crippen molar-refractivity contribution in [1.82, 2.24) is 9.62 Å². The Morgan fingerprint density at radius 1 is 1.03 bits per heavy atom.